The van der Waals surface area contributed by atoms with Gasteiger partial charge in [0.25, 0.3) is 0 Å². The van der Waals surface area contributed by atoms with Crippen LogP contribution in [0, 0.1) is 0 Å². The highest BCUT2D eigenvalue weighted by molar-refractivity contribution is 5.71. The number of nitrogens with one attached hydrogen (secondary N) is 1. The van der Waals surface area contributed by atoms with Crippen LogP contribution < -0.4 is 5.32 Å². The molecule has 5 heteroatoms. The maximum Gasteiger partial charge on any atom is 0.177 e. The number of aromatic nitrogens is 3. The minimum absolute atomic E-state index is 0.263. The van der Waals surface area contributed by atoms with E-state index in [1.54, 1.807) is 13.3 Å². The van der Waals surface area contributed by atoms with Gasteiger partial charge >= 0.3 is 0 Å². The van der Waals surface area contributed by atoms with Crippen LogP contribution in [0.5, 0.6) is 0 Å². The monoisotopic (exact) mass is 232 g/mol. The SMILES string of the molecule is COC1CNC(c2nc3ncccc3n2C)C1. The molecule has 2 aromatic heterocycles. The lowest BCUT2D eigenvalue weighted by molar-refractivity contribution is 0.117. The van der Waals surface area contributed by atoms with E-state index in [0.29, 0.717) is 0 Å². The summed E-state index contributed by atoms with van der Waals surface area (Å²) < 4.78 is 7.47. The molecule has 90 valence electrons. The van der Waals surface area contributed by atoms with E-state index in [2.05, 4.69) is 19.9 Å². The number of methoxy groups -OCH3 is 1. The molecule has 0 amide bonds. The largest absolute Gasteiger partial charge is 0.380 e. The van der Waals surface area contributed by atoms with Crippen LogP contribution in [0.25, 0.3) is 11.2 Å². The van der Waals surface area contributed by atoms with Gasteiger partial charge in [0.15, 0.2) is 5.65 Å². The molecule has 0 bridgehead atoms. The summed E-state index contributed by atoms with van der Waals surface area (Å²) in [5.74, 6) is 1.04. The van der Waals surface area contributed by atoms with Crippen LogP contribution in [0.2, 0.25) is 0 Å². The molecule has 0 saturated carbocycles. The fraction of sp³-hybridized carbons (Fsp3) is 0.500. The van der Waals surface area contributed by atoms with E-state index in [1.165, 1.54) is 0 Å². The first-order valence-electron chi connectivity index (χ1n) is 5.83. The van der Waals surface area contributed by atoms with Crippen molar-refractivity contribution < 1.29 is 4.74 Å². The van der Waals surface area contributed by atoms with Crippen molar-refractivity contribution in [2.75, 3.05) is 13.7 Å². The highest BCUT2D eigenvalue weighted by atomic mass is 16.5. The van der Waals surface area contributed by atoms with Crippen molar-refractivity contribution in [3.05, 3.63) is 24.2 Å². The van der Waals surface area contributed by atoms with Gasteiger partial charge in [-0.05, 0) is 18.6 Å². The second-order valence-electron chi connectivity index (χ2n) is 4.43. The smallest absolute Gasteiger partial charge is 0.177 e. The molecule has 2 unspecified atom stereocenters. The standard InChI is InChI=1S/C12H16N4O/c1-16-10-4-3-5-13-11(10)15-12(16)9-6-8(17-2)7-14-9/h3-5,8-9,14H,6-7H2,1-2H3. The minimum Gasteiger partial charge on any atom is -0.380 e. The topological polar surface area (TPSA) is 52.0 Å². The second kappa shape index (κ2) is 4.09. The number of hydrogen-bond donors (Lipinski definition) is 1. The van der Waals surface area contributed by atoms with E-state index in [4.69, 9.17) is 4.74 Å². The van der Waals surface area contributed by atoms with Gasteiger partial charge in [0, 0.05) is 26.9 Å². The number of fused-ring (bicyclic) bond motifs is 1. The van der Waals surface area contributed by atoms with Gasteiger partial charge in [-0.15, -0.1) is 0 Å². The van der Waals surface area contributed by atoms with Crippen molar-refractivity contribution in [3.8, 4) is 0 Å². The number of rotatable bonds is 2. The zero-order valence-corrected chi connectivity index (χ0v) is 10.1. The molecule has 17 heavy (non-hydrogen) atoms. The van der Waals surface area contributed by atoms with Gasteiger partial charge in [-0.3, -0.25) is 0 Å². The van der Waals surface area contributed by atoms with Gasteiger partial charge in [0.2, 0.25) is 0 Å². The molecule has 3 rings (SSSR count). The maximum absolute atomic E-state index is 5.36. The predicted molar refractivity (Wildman–Crippen MR) is 64.7 cm³/mol. The predicted octanol–water partition coefficient (Wildman–Crippen LogP) is 1.02. The van der Waals surface area contributed by atoms with Crippen molar-refractivity contribution in [2.45, 2.75) is 18.6 Å². The Morgan fingerprint density at radius 3 is 3.12 bits per heavy atom. The molecular formula is C12H16N4O. The normalized spacial score (nSPS) is 24.6. The number of ether oxygens (including phenoxy) is 1. The van der Waals surface area contributed by atoms with Crippen LogP contribution in [0.15, 0.2) is 18.3 Å². The number of hydrogen-bond acceptors (Lipinski definition) is 4. The molecule has 1 saturated heterocycles. The lowest BCUT2D eigenvalue weighted by atomic mass is 10.2. The molecule has 1 aliphatic heterocycles. The average Bonchev–Trinajstić information content (AvgIpc) is 2.95. The van der Waals surface area contributed by atoms with Crippen LogP contribution in [-0.2, 0) is 11.8 Å². The third kappa shape index (κ3) is 1.71. The number of nitrogens with zero attached hydrogens (tertiary/aromatic N) is 3. The highest BCUT2D eigenvalue weighted by Gasteiger charge is 2.28. The number of aryl methyl sites for hydroxylation is 1. The van der Waals surface area contributed by atoms with E-state index < -0.39 is 0 Å². The van der Waals surface area contributed by atoms with Gasteiger partial charge < -0.3 is 14.6 Å². The van der Waals surface area contributed by atoms with Gasteiger partial charge in [0.05, 0.1) is 17.7 Å². The Hall–Kier alpha value is -1.46. The van der Waals surface area contributed by atoms with Crippen LogP contribution in [0.1, 0.15) is 18.3 Å². The molecule has 3 heterocycles. The van der Waals surface area contributed by atoms with Crippen molar-refractivity contribution >= 4 is 11.2 Å². The molecule has 1 fully saturated rings. The van der Waals surface area contributed by atoms with Crippen molar-refractivity contribution in [2.24, 2.45) is 7.05 Å². The van der Waals surface area contributed by atoms with Crippen molar-refractivity contribution in [1.82, 2.24) is 19.9 Å². The summed E-state index contributed by atoms with van der Waals surface area (Å²) >= 11 is 0. The van der Waals surface area contributed by atoms with Gasteiger partial charge in [-0.2, -0.15) is 0 Å². The Morgan fingerprint density at radius 1 is 1.53 bits per heavy atom. The van der Waals surface area contributed by atoms with E-state index in [-0.39, 0.29) is 12.1 Å². The first-order valence-corrected chi connectivity index (χ1v) is 5.83. The summed E-state index contributed by atoms with van der Waals surface area (Å²) in [6.07, 6.45) is 3.03. The summed E-state index contributed by atoms with van der Waals surface area (Å²) in [7, 11) is 3.79. The van der Waals surface area contributed by atoms with Crippen LogP contribution >= 0.6 is 0 Å². The summed E-state index contributed by atoms with van der Waals surface area (Å²) in [6.45, 7) is 0.887. The Kier molecular flexibility index (Phi) is 2.57. The molecule has 0 aromatic carbocycles. The summed E-state index contributed by atoms with van der Waals surface area (Å²) in [5, 5.41) is 3.44. The quantitative estimate of drug-likeness (QED) is 0.840. The minimum atomic E-state index is 0.263. The average molecular weight is 232 g/mol. The van der Waals surface area contributed by atoms with E-state index in [9.17, 15) is 0 Å². The molecule has 0 aliphatic carbocycles. The van der Waals surface area contributed by atoms with Gasteiger partial charge in [-0.1, -0.05) is 0 Å². The number of imidazole rings is 1. The molecule has 2 atom stereocenters. The maximum atomic E-state index is 5.36. The zero-order chi connectivity index (χ0) is 11.8. The van der Waals surface area contributed by atoms with E-state index in [1.807, 2.05) is 19.2 Å². The Morgan fingerprint density at radius 2 is 2.41 bits per heavy atom. The molecular weight excluding hydrogens is 216 g/mol. The van der Waals surface area contributed by atoms with E-state index in [0.717, 1.165) is 30.0 Å². The molecule has 0 radical (unpaired) electrons. The third-order valence-corrected chi connectivity index (χ3v) is 3.43. The third-order valence-electron chi connectivity index (χ3n) is 3.43. The summed E-state index contributed by atoms with van der Waals surface area (Å²) in [4.78, 5) is 8.88. The summed E-state index contributed by atoms with van der Waals surface area (Å²) in [5.41, 5.74) is 1.89. The Bertz CT molecular complexity index is 536. The van der Waals surface area contributed by atoms with E-state index >= 15 is 0 Å². The fourth-order valence-electron chi connectivity index (χ4n) is 2.43. The second-order valence-corrected chi connectivity index (χ2v) is 4.43. The number of pyridine rings is 1. The van der Waals surface area contributed by atoms with Crippen LogP contribution in [0.4, 0.5) is 0 Å². The highest BCUT2D eigenvalue weighted by Crippen LogP contribution is 2.25. The van der Waals surface area contributed by atoms with Gasteiger partial charge in [0.1, 0.15) is 5.82 Å². The Balaban J connectivity index is 1.98. The molecule has 1 aliphatic rings. The molecule has 0 spiro atoms. The lowest BCUT2D eigenvalue weighted by Crippen LogP contribution is -2.18. The zero-order valence-electron chi connectivity index (χ0n) is 10.1. The molecule has 5 nitrogen and oxygen atoms in total. The lowest BCUT2D eigenvalue weighted by Gasteiger charge is -2.10. The first-order chi connectivity index (χ1) is 8.29. The fourth-order valence-corrected chi connectivity index (χ4v) is 2.43. The van der Waals surface area contributed by atoms with Crippen LogP contribution in [-0.4, -0.2) is 34.3 Å². The van der Waals surface area contributed by atoms with Crippen molar-refractivity contribution in [1.29, 1.82) is 0 Å². The van der Waals surface area contributed by atoms with Crippen LogP contribution in [0.3, 0.4) is 0 Å². The first kappa shape index (κ1) is 10.7. The van der Waals surface area contributed by atoms with Gasteiger partial charge in [-0.25, -0.2) is 9.97 Å². The summed E-state index contributed by atoms with van der Waals surface area (Å²) in [6, 6.07) is 4.24. The van der Waals surface area contributed by atoms with Crippen molar-refractivity contribution in [3.63, 3.8) is 0 Å². The molecule has 1 N–H and O–H groups in total. The Labute approximate surface area is 99.8 Å². The molecule has 2 aromatic rings.